The van der Waals surface area contributed by atoms with Crippen molar-refractivity contribution in [3.63, 3.8) is 0 Å². The molecule has 33 heavy (non-hydrogen) atoms. The minimum Gasteiger partial charge on any atom is -0.469 e. The number of benzene rings is 1. The molecule has 0 aliphatic carbocycles. The average molecular weight is 452 g/mol. The smallest absolute Gasteiger partial charge is 0.419 e. The Morgan fingerprint density at radius 3 is 2.48 bits per heavy atom. The van der Waals surface area contributed by atoms with E-state index in [0.29, 0.717) is 34.4 Å². The Labute approximate surface area is 192 Å². The second kappa shape index (κ2) is 9.05. The lowest BCUT2D eigenvalue weighted by Crippen LogP contribution is -2.27. The summed E-state index contributed by atoms with van der Waals surface area (Å²) in [5, 5.41) is 0.751. The topological polar surface area (TPSA) is 103 Å². The molecule has 3 rings (SSSR count). The normalized spacial score (nSPS) is 12.3. The van der Waals surface area contributed by atoms with Crippen LogP contribution < -0.4 is 0 Å². The number of methoxy groups -OCH3 is 1. The number of carbonyl (C=O) groups is 3. The fourth-order valence-corrected chi connectivity index (χ4v) is 3.69. The van der Waals surface area contributed by atoms with E-state index in [9.17, 15) is 14.4 Å². The van der Waals surface area contributed by atoms with Gasteiger partial charge in [-0.05, 0) is 38.5 Å². The van der Waals surface area contributed by atoms with Crippen LogP contribution in [0.2, 0.25) is 0 Å². The molecule has 1 aromatic carbocycles. The van der Waals surface area contributed by atoms with Gasteiger partial charge in [0.25, 0.3) is 0 Å². The van der Waals surface area contributed by atoms with Crippen LogP contribution in [0.25, 0.3) is 17.0 Å². The van der Waals surface area contributed by atoms with E-state index in [1.807, 2.05) is 44.2 Å². The van der Waals surface area contributed by atoms with E-state index >= 15 is 0 Å². The van der Waals surface area contributed by atoms with Gasteiger partial charge in [-0.3, -0.25) is 9.59 Å². The van der Waals surface area contributed by atoms with Gasteiger partial charge >= 0.3 is 12.1 Å². The zero-order valence-corrected chi connectivity index (χ0v) is 19.8. The average Bonchev–Trinajstić information content (AvgIpc) is 3.34. The maximum absolute atomic E-state index is 13.2. The first-order valence-electron chi connectivity index (χ1n) is 10.6. The highest BCUT2D eigenvalue weighted by Gasteiger charge is 2.27. The number of nitrogens with one attached hydrogen (secondary N) is 1. The van der Waals surface area contributed by atoms with Gasteiger partial charge in [-0.25, -0.2) is 14.3 Å². The number of aromatic amines is 1. The van der Waals surface area contributed by atoms with Gasteiger partial charge in [-0.15, -0.1) is 0 Å². The number of hydrogen-bond acceptors (Lipinski definition) is 6. The molecule has 1 N–H and O–H groups in total. The highest BCUT2D eigenvalue weighted by Crippen LogP contribution is 2.32. The molecule has 8 heteroatoms. The van der Waals surface area contributed by atoms with Gasteiger partial charge in [0.15, 0.2) is 6.29 Å². The Kier molecular flexibility index (Phi) is 6.58. The van der Waals surface area contributed by atoms with Crippen molar-refractivity contribution in [1.82, 2.24) is 14.5 Å². The second-order valence-electron chi connectivity index (χ2n) is 9.29. The van der Waals surface area contributed by atoms with Gasteiger partial charge in [-0.2, -0.15) is 0 Å². The molecule has 8 nitrogen and oxygen atoms in total. The lowest BCUT2D eigenvalue weighted by atomic mass is 9.87. The van der Waals surface area contributed by atoms with Crippen LogP contribution in [0.3, 0.4) is 0 Å². The van der Waals surface area contributed by atoms with E-state index in [2.05, 4.69) is 9.97 Å². The van der Waals surface area contributed by atoms with Gasteiger partial charge in [0, 0.05) is 10.8 Å². The predicted octanol–water partition coefficient (Wildman–Crippen LogP) is 4.67. The fourth-order valence-electron chi connectivity index (χ4n) is 3.69. The van der Waals surface area contributed by atoms with Crippen molar-refractivity contribution in [1.29, 1.82) is 0 Å². The van der Waals surface area contributed by atoms with Crippen molar-refractivity contribution in [2.24, 2.45) is 0 Å². The van der Waals surface area contributed by atoms with Crippen LogP contribution in [0.1, 0.15) is 62.1 Å². The first kappa shape index (κ1) is 24.0. The van der Waals surface area contributed by atoms with Crippen molar-refractivity contribution in [2.75, 3.05) is 7.11 Å². The number of H-pyrrole nitrogens is 1. The third-order valence-electron chi connectivity index (χ3n) is 5.23. The Hall–Kier alpha value is -3.68. The van der Waals surface area contributed by atoms with Crippen LogP contribution in [0.5, 0.6) is 0 Å². The molecule has 174 valence electrons. The van der Waals surface area contributed by atoms with Crippen LogP contribution in [-0.4, -0.2) is 45.6 Å². The maximum atomic E-state index is 13.2. The number of hydrogen-bond donors (Lipinski definition) is 1. The third kappa shape index (κ3) is 5.05. The summed E-state index contributed by atoms with van der Waals surface area (Å²) in [6.45, 7) is 9.23. The van der Waals surface area contributed by atoms with Gasteiger partial charge in [0.2, 0.25) is 0 Å². The first-order chi connectivity index (χ1) is 15.5. The predicted molar refractivity (Wildman–Crippen MR) is 125 cm³/mol. The number of rotatable bonds is 6. The third-order valence-corrected chi connectivity index (χ3v) is 5.23. The summed E-state index contributed by atoms with van der Waals surface area (Å²) in [5.41, 5.74) is 1.41. The Morgan fingerprint density at radius 1 is 1.15 bits per heavy atom. The molecule has 0 bridgehead atoms. The number of carbonyl (C=O) groups excluding carboxylic acids is 3. The number of aromatic nitrogens is 3. The summed E-state index contributed by atoms with van der Waals surface area (Å²) in [5.74, 6) is -0.423. The summed E-state index contributed by atoms with van der Waals surface area (Å²) in [6, 6.07) is 7.34. The highest BCUT2D eigenvalue weighted by molar-refractivity contribution is 5.98. The van der Waals surface area contributed by atoms with E-state index in [4.69, 9.17) is 9.47 Å². The van der Waals surface area contributed by atoms with Gasteiger partial charge < -0.3 is 14.5 Å². The molecule has 0 radical (unpaired) electrons. The lowest BCUT2D eigenvalue weighted by molar-refractivity contribution is -0.139. The van der Waals surface area contributed by atoms with Crippen molar-refractivity contribution >= 4 is 35.3 Å². The quantitative estimate of drug-likeness (QED) is 0.432. The fraction of sp³-hybridized carbons (Fsp3) is 0.360. The van der Waals surface area contributed by atoms with Crippen LogP contribution in [0, 0.1) is 0 Å². The molecule has 2 heterocycles. The molecule has 2 aromatic heterocycles. The largest absolute Gasteiger partial charge is 0.469 e. The number of allylic oxidation sites excluding steroid dienone is 1. The molecule has 0 amide bonds. The van der Waals surface area contributed by atoms with Gasteiger partial charge in [0.1, 0.15) is 11.3 Å². The van der Waals surface area contributed by atoms with Crippen molar-refractivity contribution < 1.29 is 23.9 Å². The number of imidazole rings is 1. The first-order valence-corrected chi connectivity index (χ1v) is 10.6. The molecule has 0 spiro atoms. The Balaban J connectivity index is 2.23. The number of esters is 1. The van der Waals surface area contributed by atoms with Crippen LogP contribution >= 0.6 is 0 Å². The molecular weight excluding hydrogens is 422 g/mol. The number of nitrogens with zero attached hydrogens (tertiary/aromatic N) is 2. The van der Waals surface area contributed by atoms with Gasteiger partial charge in [0.05, 0.1) is 36.8 Å². The molecule has 0 saturated carbocycles. The van der Waals surface area contributed by atoms with Crippen LogP contribution in [0.4, 0.5) is 4.79 Å². The molecular formula is C25H29N3O5. The molecule has 0 saturated heterocycles. The molecule has 3 aromatic rings. The minimum atomic E-state index is -0.708. The van der Waals surface area contributed by atoms with Gasteiger partial charge in [-0.1, -0.05) is 38.1 Å². The Bertz CT molecular complexity index is 1220. The zero-order valence-electron chi connectivity index (χ0n) is 19.8. The summed E-state index contributed by atoms with van der Waals surface area (Å²) in [6.07, 6.45) is 5.23. The van der Waals surface area contributed by atoms with E-state index in [-0.39, 0.29) is 6.42 Å². The maximum Gasteiger partial charge on any atom is 0.419 e. The van der Waals surface area contributed by atoms with E-state index in [1.54, 1.807) is 26.8 Å². The molecule has 0 unspecified atom stereocenters. The number of para-hydroxylation sites is 1. The monoisotopic (exact) mass is 451 g/mol. The Morgan fingerprint density at radius 2 is 1.85 bits per heavy atom. The van der Waals surface area contributed by atoms with E-state index < -0.39 is 23.1 Å². The molecule has 0 aliphatic heterocycles. The van der Waals surface area contributed by atoms with Crippen molar-refractivity contribution in [2.45, 2.75) is 52.1 Å². The molecule has 0 aliphatic rings. The molecule has 0 fully saturated rings. The summed E-state index contributed by atoms with van der Waals surface area (Å²) in [7, 11) is 1.33. The lowest BCUT2D eigenvalue weighted by Gasteiger charge is -2.21. The van der Waals surface area contributed by atoms with Crippen LogP contribution in [-0.2, 0) is 26.1 Å². The van der Waals surface area contributed by atoms with Crippen molar-refractivity contribution in [3.05, 3.63) is 59.3 Å². The minimum absolute atomic E-state index is 0.0173. The summed E-state index contributed by atoms with van der Waals surface area (Å²) in [4.78, 5) is 43.9. The number of ether oxygens (including phenoxy) is 2. The van der Waals surface area contributed by atoms with Crippen LogP contribution in [0.15, 0.2) is 36.7 Å². The second-order valence-corrected chi connectivity index (χ2v) is 9.29. The SMILES string of the molecule is COC(=O)Cc1c(/C=C\C(C)(C)c2[nH]cnc2C=O)n(C(=O)OC(C)(C)C)c2ccccc12. The highest BCUT2D eigenvalue weighted by atomic mass is 16.6. The van der Waals surface area contributed by atoms with E-state index in [1.165, 1.54) is 18.0 Å². The standard InChI is InChI=1S/C25H29N3O5/c1-24(2,3)33-23(31)28-19-10-8-7-9-16(19)17(13-21(30)32-6)20(28)11-12-25(4,5)22-18(14-29)26-15-27-22/h7-12,14-15H,13H2,1-6H3,(H,26,27)/b12-11-. The molecule has 0 atom stereocenters. The summed E-state index contributed by atoms with van der Waals surface area (Å²) >= 11 is 0. The number of fused-ring (bicyclic) bond motifs is 1. The zero-order chi connectivity index (χ0) is 24.4. The summed E-state index contributed by atoms with van der Waals surface area (Å²) < 4.78 is 12.0. The number of aldehydes is 1. The van der Waals surface area contributed by atoms with E-state index in [0.717, 1.165) is 5.39 Å². The van der Waals surface area contributed by atoms with Crippen molar-refractivity contribution in [3.8, 4) is 0 Å².